The molecule has 0 atom stereocenters. The first kappa shape index (κ1) is 15.6. The number of halogens is 4. The van der Waals surface area contributed by atoms with Gasteiger partial charge in [-0.2, -0.15) is 0 Å². The summed E-state index contributed by atoms with van der Waals surface area (Å²) in [7, 11) is 0. The molecule has 0 unspecified atom stereocenters. The summed E-state index contributed by atoms with van der Waals surface area (Å²) in [5.41, 5.74) is 0.00498. The number of nitrogens with zero attached hydrogens (tertiary/aromatic N) is 2. The van der Waals surface area contributed by atoms with E-state index >= 15 is 0 Å². The van der Waals surface area contributed by atoms with Crippen LogP contribution in [0.25, 0.3) is 0 Å². The van der Waals surface area contributed by atoms with Crippen LogP contribution in [0.1, 0.15) is 13.8 Å². The molecule has 1 aliphatic rings. The van der Waals surface area contributed by atoms with Crippen LogP contribution in [0, 0.1) is 23.3 Å². The monoisotopic (exact) mass is 324 g/mol. The Morgan fingerprint density at radius 3 is 1.87 bits per heavy atom. The molecule has 0 aromatic heterocycles. The van der Waals surface area contributed by atoms with E-state index in [-0.39, 0.29) is 18.0 Å². The first-order chi connectivity index (χ1) is 10.8. The minimum Gasteiger partial charge on any atom is -0.349 e. The highest BCUT2D eigenvalue weighted by Crippen LogP contribution is 2.35. The van der Waals surface area contributed by atoms with Crippen molar-refractivity contribution in [3.63, 3.8) is 0 Å². The number of anilines is 2. The van der Waals surface area contributed by atoms with E-state index in [2.05, 4.69) is 0 Å². The molecule has 1 aliphatic heterocycles. The van der Waals surface area contributed by atoms with Gasteiger partial charge in [0.2, 0.25) is 0 Å². The number of hydrogen-bond donors (Lipinski definition) is 0. The highest BCUT2D eigenvalue weighted by Gasteiger charge is 2.39. The predicted molar refractivity (Wildman–Crippen MR) is 81.5 cm³/mol. The van der Waals surface area contributed by atoms with Crippen LogP contribution < -0.4 is 9.80 Å². The summed E-state index contributed by atoms with van der Waals surface area (Å²) in [6, 6.07) is 6.76. The van der Waals surface area contributed by atoms with Crippen LogP contribution in [0.3, 0.4) is 0 Å². The lowest BCUT2D eigenvalue weighted by Gasteiger charge is -2.32. The topological polar surface area (TPSA) is 6.48 Å². The van der Waals surface area contributed by atoms with Gasteiger partial charge in [-0.3, -0.25) is 0 Å². The third kappa shape index (κ3) is 2.85. The van der Waals surface area contributed by atoms with Crippen molar-refractivity contribution in [2.24, 2.45) is 0 Å². The van der Waals surface area contributed by atoms with Gasteiger partial charge in [0.1, 0.15) is 23.3 Å². The Bertz CT molecular complexity index is 745. The minimum atomic E-state index is -0.667. The van der Waals surface area contributed by atoms with Crippen LogP contribution >= 0.6 is 0 Å². The van der Waals surface area contributed by atoms with Gasteiger partial charge < -0.3 is 9.80 Å². The quantitative estimate of drug-likeness (QED) is 0.760. The van der Waals surface area contributed by atoms with Crippen LogP contribution in [-0.4, -0.2) is 18.8 Å². The fourth-order valence-electron chi connectivity index (χ4n) is 2.97. The second-order valence-corrected chi connectivity index (χ2v) is 6.27. The van der Waals surface area contributed by atoms with E-state index in [1.54, 1.807) is 9.80 Å². The Labute approximate surface area is 131 Å². The molecular weight excluding hydrogens is 308 g/mol. The van der Waals surface area contributed by atoms with Gasteiger partial charge in [-0.15, -0.1) is 0 Å². The third-order valence-corrected chi connectivity index (χ3v) is 4.07. The van der Waals surface area contributed by atoms with E-state index < -0.39 is 28.8 Å². The van der Waals surface area contributed by atoms with Crippen LogP contribution in [0.2, 0.25) is 0 Å². The zero-order valence-electron chi connectivity index (χ0n) is 12.8. The summed E-state index contributed by atoms with van der Waals surface area (Å²) >= 11 is 0. The highest BCUT2D eigenvalue weighted by molar-refractivity contribution is 5.58. The van der Waals surface area contributed by atoms with Crippen LogP contribution in [0.4, 0.5) is 28.9 Å². The lowest BCUT2D eigenvalue weighted by molar-refractivity contribution is 0.528. The van der Waals surface area contributed by atoms with E-state index in [1.165, 1.54) is 24.3 Å². The molecule has 2 aromatic rings. The van der Waals surface area contributed by atoms with Crippen molar-refractivity contribution < 1.29 is 17.6 Å². The molecule has 2 nitrogen and oxygen atoms in total. The van der Waals surface area contributed by atoms with E-state index in [0.717, 1.165) is 12.1 Å². The molecule has 6 heteroatoms. The van der Waals surface area contributed by atoms with Gasteiger partial charge in [0.25, 0.3) is 0 Å². The Balaban J connectivity index is 1.95. The maximum absolute atomic E-state index is 14.1. The average molecular weight is 324 g/mol. The van der Waals surface area contributed by atoms with Crippen molar-refractivity contribution >= 4 is 11.4 Å². The molecule has 0 saturated carbocycles. The van der Waals surface area contributed by atoms with Gasteiger partial charge in [-0.05, 0) is 38.1 Å². The Morgan fingerprint density at radius 2 is 1.35 bits per heavy atom. The Hall–Kier alpha value is -2.24. The second kappa shape index (κ2) is 5.44. The molecule has 3 rings (SSSR count). The summed E-state index contributed by atoms with van der Waals surface area (Å²) in [4.78, 5) is 3.45. The van der Waals surface area contributed by atoms with Gasteiger partial charge in [0.05, 0.1) is 23.6 Å². The van der Waals surface area contributed by atoms with Crippen molar-refractivity contribution in [1.82, 2.24) is 0 Å². The van der Waals surface area contributed by atoms with Gasteiger partial charge in [0.15, 0.2) is 0 Å². The lowest BCUT2D eigenvalue weighted by Crippen LogP contribution is -2.40. The maximum Gasteiger partial charge on any atom is 0.149 e. The van der Waals surface area contributed by atoms with Gasteiger partial charge in [-0.25, -0.2) is 17.6 Å². The van der Waals surface area contributed by atoms with Crippen LogP contribution in [0.15, 0.2) is 36.4 Å². The van der Waals surface area contributed by atoms with Crippen molar-refractivity contribution in [2.75, 3.05) is 23.0 Å². The first-order valence-corrected chi connectivity index (χ1v) is 7.21. The molecule has 0 spiro atoms. The molecule has 23 heavy (non-hydrogen) atoms. The highest BCUT2D eigenvalue weighted by atomic mass is 19.1. The minimum absolute atomic E-state index is 0.220. The van der Waals surface area contributed by atoms with Crippen molar-refractivity contribution in [1.29, 1.82) is 0 Å². The molecular formula is C17H16F4N2. The summed E-state index contributed by atoms with van der Waals surface area (Å²) in [6.45, 7) is 4.42. The fraction of sp³-hybridized carbons (Fsp3) is 0.294. The average Bonchev–Trinajstić information content (AvgIpc) is 2.74. The molecule has 0 bridgehead atoms. The zero-order valence-corrected chi connectivity index (χ0v) is 12.8. The fourth-order valence-corrected chi connectivity index (χ4v) is 2.97. The molecule has 1 saturated heterocycles. The lowest BCUT2D eigenvalue weighted by atomic mass is 10.0. The number of benzene rings is 2. The molecule has 0 amide bonds. The van der Waals surface area contributed by atoms with Gasteiger partial charge >= 0.3 is 0 Å². The first-order valence-electron chi connectivity index (χ1n) is 7.21. The number of rotatable bonds is 2. The molecule has 0 radical (unpaired) electrons. The SMILES string of the molecule is CC1(C)CN(c2ccc(F)cc2F)CN1c1ccc(F)cc1F. The van der Waals surface area contributed by atoms with Crippen LogP contribution in [-0.2, 0) is 0 Å². The molecule has 0 aliphatic carbocycles. The van der Waals surface area contributed by atoms with Crippen LogP contribution in [0.5, 0.6) is 0 Å². The number of hydrogen-bond acceptors (Lipinski definition) is 2. The zero-order chi connectivity index (χ0) is 16.8. The maximum atomic E-state index is 14.1. The van der Waals surface area contributed by atoms with Crippen molar-refractivity contribution in [3.05, 3.63) is 59.7 Å². The van der Waals surface area contributed by atoms with E-state index in [4.69, 9.17) is 0 Å². The largest absolute Gasteiger partial charge is 0.349 e. The summed E-state index contributed by atoms with van der Waals surface area (Å²) in [5.74, 6) is -2.63. The summed E-state index contributed by atoms with van der Waals surface area (Å²) in [6.07, 6.45) is 0. The van der Waals surface area contributed by atoms with Crippen molar-refractivity contribution in [2.45, 2.75) is 19.4 Å². The molecule has 2 aromatic carbocycles. The summed E-state index contributed by atoms with van der Waals surface area (Å²) < 4.78 is 54.2. The third-order valence-electron chi connectivity index (χ3n) is 4.07. The summed E-state index contributed by atoms with van der Waals surface area (Å²) in [5, 5.41) is 0. The Kier molecular flexibility index (Phi) is 3.70. The van der Waals surface area contributed by atoms with Gasteiger partial charge in [-0.1, -0.05) is 0 Å². The molecule has 0 N–H and O–H groups in total. The Morgan fingerprint density at radius 1 is 0.826 bits per heavy atom. The molecule has 1 heterocycles. The predicted octanol–water partition coefficient (Wildman–Crippen LogP) is 4.31. The standard InChI is InChI=1S/C17H16F4N2/c1-17(2)9-22(15-5-3-11(18)7-13(15)20)10-23(17)16-6-4-12(19)8-14(16)21/h3-8H,9-10H2,1-2H3. The van der Waals surface area contributed by atoms with E-state index in [1.807, 2.05) is 13.8 Å². The van der Waals surface area contributed by atoms with Crippen molar-refractivity contribution in [3.8, 4) is 0 Å². The van der Waals surface area contributed by atoms with E-state index in [9.17, 15) is 17.6 Å². The molecule has 1 fully saturated rings. The van der Waals surface area contributed by atoms with E-state index in [0.29, 0.717) is 6.54 Å². The van der Waals surface area contributed by atoms with Gasteiger partial charge in [0, 0.05) is 18.7 Å². The smallest absolute Gasteiger partial charge is 0.149 e. The normalized spacial score (nSPS) is 17.0. The second-order valence-electron chi connectivity index (χ2n) is 6.27. The molecule has 122 valence electrons.